The van der Waals surface area contributed by atoms with Gasteiger partial charge in [0.05, 0.1) is 17.4 Å². The summed E-state index contributed by atoms with van der Waals surface area (Å²) in [6.07, 6.45) is 7.58. The molecule has 1 heterocycles. The highest BCUT2D eigenvalue weighted by atomic mass is 32.2. The second-order valence-corrected chi connectivity index (χ2v) is 13.5. The van der Waals surface area contributed by atoms with E-state index in [1.807, 2.05) is 33.8 Å². The van der Waals surface area contributed by atoms with Crippen LogP contribution in [0.5, 0.6) is 0 Å². The molecule has 0 saturated carbocycles. The molecule has 0 spiro atoms. The van der Waals surface area contributed by atoms with Crippen molar-refractivity contribution >= 4 is 28.2 Å². The number of rotatable bonds is 11. The molecule has 0 radical (unpaired) electrons. The SMILES string of the molecule is Cc1ccc(S(=O)(=O)NC2CCN(C(=O)[C@@H](NC(=O)[C@H](CC3C=CCC3)CN(O)C=O)C(C)(C)C)CC2)cc1. The van der Waals surface area contributed by atoms with Crippen LogP contribution in [0, 0.1) is 24.2 Å². The summed E-state index contributed by atoms with van der Waals surface area (Å²) < 4.78 is 28.3. The summed E-state index contributed by atoms with van der Waals surface area (Å²) in [6, 6.07) is 5.54. The summed E-state index contributed by atoms with van der Waals surface area (Å²) in [6.45, 7) is 8.06. The molecule has 0 bridgehead atoms. The first-order valence-electron chi connectivity index (χ1n) is 13.6. The van der Waals surface area contributed by atoms with Crippen LogP contribution in [0.15, 0.2) is 41.3 Å². The summed E-state index contributed by atoms with van der Waals surface area (Å²) in [7, 11) is -3.67. The summed E-state index contributed by atoms with van der Waals surface area (Å²) in [5.41, 5.74) is 0.373. The number of hydrogen-bond donors (Lipinski definition) is 3. The van der Waals surface area contributed by atoms with Gasteiger partial charge in [0.2, 0.25) is 28.2 Å². The highest BCUT2D eigenvalue weighted by Gasteiger charge is 2.39. The molecule has 39 heavy (non-hydrogen) atoms. The minimum absolute atomic E-state index is 0.156. The lowest BCUT2D eigenvalue weighted by Crippen LogP contribution is -2.58. The lowest BCUT2D eigenvalue weighted by molar-refractivity contribution is -0.155. The number of nitrogens with zero attached hydrogens (tertiary/aromatic N) is 2. The zero-order chi connectivity index (χ0) is 28.8. The Bertz CT molecular complexity index is 1140. The van der Waals surface area contributed by atoms with Crippen molar-refractivity contribution < 1.29 is 28.0 Å². The zero-order valence-corrected chi connectivity index (χ0v) is 24.1. The maximum absolute atomic E-state index is 13.6. The van der Waals surface area contributed by atoms with Crippen LogP contribution in [0.4, 0.5) is 0 Å². The number of hydrogen-bond acceptors (Lipinski definition) is 6. The van der Waals surface area contributed by atoms with Crippen LogP contribution in [0.2, 0.25) is 0 Å². The Morgan fingerprint density at radius 3 is 2.33 bits per heavy atom. The molecule has 10 nitrogen and oxygen atoms in total. The van der Waals surface area contributed by atoms with Crippen LogP contribution in [0.1, 0.15) is 58.4 Å². The van der Waals surface area contributed by atoms with Crippen molar-refractivity contribution in [1.82, 2.24) is 20.0 Å². The topological polar surface area (TPSA) is 136 Å². The van der Waals surface area contributed by atoms with Gasteiger partial charge in [-0.1, -0.05) is 50.6 Å². The third kappa shape index (κ3) is 8.61. The van der Waals surface area contributed by atoms with Crippen LogP contribution < -0.4 is 10.0 Å². The summed E-state index contributed by atoms with van der Waals surface area (Å²) in [4.78, 5) is 39.9. The Morgan fingerprint density at radius 1 is 1.15 bits per heavy atom. The van der Waals surface area contributed by atoms with Gasteiger partial charge in [-0.15, -0.1) is 0 Å². The number of allylic oxidation sites excluding steroid dienone is 2. The predicted molar refractivity (Wildman–Crippen MR) is 147 cm³/mol. The van der Waals surface area contributed by atoms with Crippen molar-refractivity contribution in [1.29, 1.82) is 0 Å². The monoisotopic (exact) mass is 562 g/mol. The Labute approximate surface area is 231 Å². The maximum Gasteiger partial charge on any atom is 0.245 e. The van der Waals surface area contributed by atoms with Crippen LogP contribution >= 0.6 is 0 Å². The van der Waals surface area contributed by atoms with Gasteiger partial charge in [-0.05, 0) is 62.5 Å². The van der Waals surface area contributed by atoms with E-state index >= 15 is 0 Å². The highest BCUT2D eigenvalue weighted by Crippen LogP contribution is 2.27. The number of benzene rings is 1. The van der Waals surface area contributed by atoms with Gasteiger partial charge in [-0.3, -0.25) is 19.6 Å². The first kappa shape index (κ1) is 30.8. The standard InChI is InChI=1S/C28H42N4O6S/c1-20-9-11-24(12-10-20)39(37,38)30-23-13-15-31(16-14-23)27(35)25(28(2,3)4)29-26(34)22(18-32(36)19-33)17-21-7-5-6-8-21/h5,7,9-12,19,21-23,25,30,36H,6,8,13-18H2,1-4H3,(H,29,34)/t21?,22-,25-/m1/s1. The minimum Gasteiger partial charge on any atom is -0.344 e. The Kier molecular flexibility index (Phi) is 10.3. The molecule has 1 unspecified atom stereocenters. The van der Waals surface area contributed by atoms with Crippen molar-refractivity contribution in [3.63, 3.8) is 0 Å². The molecule has 1 aliphatic carbocycles. The van der Waals surface area contributed by atoms with Crippen LogP contribution in [0.25, 0.3) is 0 Å². The summed E-state index contributed by atoms with van der Waals surface area (Å²) >= 11 is 0. The normalized spacial score (nSPS) is 19.9. The molecule has 3 N–H and O–H groups in total. The summed E-state index contributed by atoms with van der Waals surface area (Å²) in [5, 5.41) is 13.2. The zero-order valence-electron chi connectivity index (χ0n) is 23.3. The van der Waals surface area contributed by atoms with E-state index < -0.39 is 27.4 Å². The van der Waals surface area contributed by atoms with E-state index in [0.717, 1.165) is 18.4 Å². The molecular formula is C28H42N4O6S. The molecule has 1 fully saturated rings. The van der Waals surface area contributed by atoms with Crippen molar-refractivity contribution in [3.8, 4) is 0 Å². The highest BCUT2D eigenvalue weighted by molar-refractivity contribution is 7.89. The molecule has 3 atom stereocenters. The molecule has 0 aromatic heterocycles. The van der Waals surface area contributed by atoms with E-state index in [0.29, 0.717) is 37.4 Å². The quantitative estimate of drug-likeness (QED) is 0.164. The van der Waals surface area contributed by atoms with Gasteiger partial charge in [0.1, 0.15) is 6.04 Å². The van der Waals surface area contributed by atoms with E-state index in [4.69, 9.17) is 0 Å². The average molecular weight is 563 g/mol. The number of likely N-dealkylation sites (tertiary alicyclic amines) is 1. The van der Waals surface area contributed by atoms with Gasteiger partial charge in [0.25, 0.3) is 0 Å². The molecule has 1 aliphatic heterocycles. The third-order valence-electron chi connectivity index (χ3n) is 7.46. The first-order chi connectivity index (χ1) is 18.3. The van der Waals surface area contributed by atoms with E-state index in [-0.39, 0.29) is 41.6 Å². The molecule has 1 aromatic carbocycles. The van der Waals surface area contributed by atoms with Gasteiger partial charge in [-0.2, -0.15) is 0 Å². The lowest BCUT2D eigenvalue weighted by atomic mass is 9.84. The number of carbonyl (C=O) groups is 3. The molecule has 3 rings (SSSR count). The molecule has 216 valence electrons. The van der Waals surface area contributed by atoms with Gasteiger partial charge in [0, 0.05) is 19.1 Å². The van der Waals surface area contributed by atoms with E-state index in [1.54, 1.807) is 29.2 Å². The van der Waals surface area contributed by atoms with Crippen molar-refractivity contribution in [2.45, 2.75) is 76.8 Å². The first-order valence-corrected chi connectivity index (χ1v) is 15.0. The Morgan fingerprint density at radius 2 is 1.79 bits per heavy atom. The molecule has 3 amide bonds. The average Bonchev–Trinajstić information content (AvgIpc) is 3.39. The predicted octanol–water partition coefficient (Wildman–Crippen LogP) is 2.62. The van der Waals surface area contributed by atoms with E-state index in [2.05, 4.69) is 16.1 Å². The number of amides is 3. The lowest BCUT2D eigenvalue weighted by Gasteiger charge is -2.39. The van der Waals surface area contributed by atoms with Gasteiger partial charge >= 0.3 is 0 Å². The van der Waals surface area contributed by atoms with E-state index in [9.17, 15) is 28.0 Å². The van der Waals surface area contributed by atoms with Gasteiger partial charge in [0.15, 0.2) is 0 Å². The number of sulfonamides is 1. The van der Waals surface area contributed by atoms with Crippen molar-refractivity contribution in [3.05, 3.63) is 42.0 Å². The number of aryl methyl sites for hydroxylation is 1. The number of hydroxylamine groups is 2. The Hall–Kier alpha value is -2.76. The fourth-order valence-corrected chi connectivity index (χ4v) is 6.41. The largest absolute Gasteiger partial charge is 0.344 e. The van der Waals surface area contributed by atoms with Crippen LogP contribution in [-0.2, 0) is 24.4 Å². The second kappa shape index (κ2) is 13.1. The molecule has 2 aliphatic rings. The molecule has 1 saturated heterocycles. The minimum atomic E-state index is -3.67. The Balaban J connectivity index is 1.63. The van der Waals surface area contributed by atoms with Crippen molar-refractivity contribution in [2.24, 2.45) is 17.3 Å². The van der Waals surface area contributed by atoms with Gasteiger partial charge < -0.3 is 10.2 Å². The summed E-state index contributed by atoms with van der Waals surface area (Å²) in [5.74, 6) is -1.11. The van der Waals surface area contributed by atoms with Crippen molar-refractivity contribution in [2.75, 3.05) is 19.6 Å². The molecular weight excluding hydrogens is 520 g/mol. The smallest absolute Gasteiger partial charge is 0.245 e. The second-order valence-electron chi connectivity index (χ2n) is 11.8. The van der Waals surface area contributed by atoms with Crippen LogP contribution in [0.3, 0.4) is 0 Å². The van der Waals surface area contributed by atoms with Gasteiger partial charge in [-0.25, -0.2) is 18.2 Å². The molecule has 11 heteroatoms. The number of carbonyl (C=O) groups excluding carboxylic acids is 3. The number of nitrogens with one attached hydrogen (secondary N) is 2. The number of piperidine rings is 1. The molecule has 1 aromatic rings. The fourth-order valence-electron chi connectivity index (χ4n) is 5.10. The van der Waals surface area contributed by atoms with Crippen LogP contribution in [-0.4, -0.2) is 73.5 Å². The maximum atomic E-state index is 13.6. The third-order valence-corrected chi connectivity index (χ3v) is 9.00. The fraction of sp³-hybridized carbons (Fsp3) is 0.607. The van der Waals surface area contributed by atoms with E-state index in [1.165, 1.54) is 0 Å².